The second kappa shape index (κ2) is 10.0. The molecule has 3 heteroatoms. The molecule has 9 rings (SSSR count). The molecule has 0 amide bonds. The van der Waals surface area contributed by atoms with Crippen LogP contribution in [-0.4, -0.2) is 4.98 Å². The Labute approximate surface area is 259 Å². The van der Waals surface area contributed by atoms with E-state index in [1.54, 1.807) is 0 Å². The average molecular weight is 579 g/mol. The van der Waals surface area contributed by atoms with E-state index in [0.29, 0.717) is 0 Å². The van der Waals surface area contributed by atoms with E-state index in [0.717, 1.165) is 11.4 Å². The van der Waals surface area contributed by atoms with Crippen molar-refractivity contribution in [3.63, 3.8) is 0 Å². The van der Waals surface area contributed by atoms with E-state index in [4.69, 9.17) is 0 Å². The normalized spacial score (nSPS) is 11.6. The number of fused-ring (bicyclic) bond motifs is 8. The highest BCUT2D eigenvalue weighted by atomic mass is 32.1. The van der Waals surface area contributed by atoms with Crippen molar-refractivity contribution in [3.05, 3.63) is 158 Å². The molecular formula is C41H26N2S. The monoisotopic (exact) mass is 578 g/mol. The molecule has 9 aromatic rings. The highest BCUT2D eigenvalue weighted by Crippen LogP contribution is 2.45. The molecule has 0 bridgehead atoms. The molecule has 7 aromatic carbocycles. The summed E-state index contributed by atoms with van der Waals surface area (Å²) in [4.78, 5) is 6.85. The number of nitrogens with zero attached hydrogens (tertiary/aromatic N) is 2. The molecule has 0 radical (unpaired) electrons. The van der Waals surface area contributed by atoms with Gasteiger partial charge >= 0.3 is 0 Å². The van der Waals surface area contributed by atoms with Crippen LogP contribution < -0.4 is 4.90 Å². The lowest BCUT2D eigenvalue weighted by Crippen LogP contribution is -2.10. The number of hydrogen-bond donors (Lipinski definition) is 0. The van der Waals surface area contributed by atoms with Crippen molar-refractivity contribution in [3.8, 4) is 11.1 Å². The van der Waals surface area contributed by atoms with Crippen LogP contribution >= 0.6 is 11.3 Å². The summed E-state index contributed by atoms with van der Waals surface area (Å²) in [6.45, 7) is 0. The van der Waals surface area contributed by atoms with Crippen molar-refractivity contribution in [1.29, 1.82) is 0 Å². The van der Waals surface area contributed by atoms with E-state index < -0.39 is 0 Å². The van der Waals surface area contributed by atoms with Gasteiger partial charge in [0.15, 0.2) is 0 Å². The lowest BCUT2D eigenvalue weighted by Gasteiger charge is -2.27. The van der Waals surface area contributed by atoms with E-state index in [9.17, 15) is 0 Å². The molecule has 0 unspecified atom stereocenters. The van der Waals surface area contributed by atoms with E-state index in [2.05, 4.69) is 155 Å². The molecule has 0 fully saturated rings. The number of hydrogen-bond acceptors (Lipinski definition) is 3. The predicted octanol–water partition coefficient (Wildman–Crippen LogP) is 12.0. The van der Waals surface area contributed by atoms with Crippen LogP contribution in [0.25, 0.3) is 63.6 Å². The number of rotatable bonds is 4. The van der Waals surface area contributed by atoms with Crippen molar-refractivity contribution >= 4 is 80.9 Å². The Balaban J connectivity index is 1.28. The van der Waals surface area contributed by atoms with Gasteiger partial charge in [-0.1, -0.05) is 109 Å². The third-order valence-corrected chi connectivity index (χ3v) is 9.93. The fraction of sp³-hybridized carbons (Fsp3) is 0. The van der Waals surface area contributed by atoms with Crippen LogP contribution in [-0.2, 0) is 0 Å². The van der Waals surface area contributed by atoms with Gasteiger partial charge in [-0.25, -0.2) is 0 Å². The van der Waals surface area contributed by atoms with Crippen molar-refractivity contribution < 1.29 is 0 Å². The van der Waals surface area contributed by atoms with Crippen LogP contribution in [0.1, 0.15) is 0 Å². The first-order valence-corrected chi connectivity index (χ1v) is 15.7. The van der Waals surface area contributed by atoms with Crippen molar-refractivity contribution in [2.75, 3.05) is 4.90 Å². The second-order valence-electron chi connectivity index (χ2n) is 11.2. The van der Waals surface area contributed by atoms with Crippen LogP contribution in [0.5, 0.6) is 0 Å². The van der Waals surface area contributed by atoms with Crippen molar-refractivity contribution in [2.24, 2.45) is 0 Å². The smallest absolute Gasteiger partial charge is 0.0640 e. The number of thiophene rings is 1. The summed E-state index contributed by atoms with van der Waals surface area (Å²) in [5.41, 5.74) is 5.85. The van der Waals surface area contributed by atoms with Gasteiger partial charge in [-0.15, -0.1) is 11.3 Å². The number of aromatic nitrogens is 1. The zero-order valence-corrected chi connectivity index (χ0v) is 24.6. The van der Waals surface area contributed by atoms with Gasteiger partial charge in [0.1, 0.15) is 0 Å². The van der Waals surface area contributed by atoms with E-state index in [1.165, 1.54) is 69.3 Å². The van der Waals surface area contributed by atoms with Gasteiger partial charge in [0, 0.05) is 39.2 Å². The zero-order valence-electron chi connectivity index (χ0n) is 23.8. The average Bonchev–Trinajstić information content (AvgIpc) is 3.48. The van der Waals surface area contributed by atoms with Crippen LogP contribution in [0.15, 0.2) is 158 Å². The largest absolute Gasteiger partial charge is 0.309 e. The molecule has 44 heavy (non-hydrogen) atoms. The van der Waals surface area contributed by atoms with E-state index in [-0.39, 0.29) is 0 Å². The minimum Gasteiger partial charge on any atom is -0.309 e. The standard InChI is InChI=1S/C41H26N2S/c1-2-7-27(8-3-1)28-17-19-32(20-18-28)43(38-12-6-11-36-37-26-42-24-23-39(37)44-41(36)38)33-21-22-35-31(25-33)16-15-30-14-13-29-9-4-5-10-34(29)40(30)35/h1-26H. The summed E-state index contributed by atoms with van der Waals surface area (Å²) in [6, 6.07) is 52.9. The first-order chi connectivity index (χ1) is 21.8. The predicted molar refractivity (Wildman–Crippen MR) is 190 cm³/mol. The Kier molecular flexibility index (Phi) is 5.71. The van der Waals surface area contributed by atoms with Gasteiger partial charge in [-0.05, 0) is 79.8 Å². The summed E-state index contributed by atoms with van der Waals surface area (Å²) in [5, 5.41) is 10.1. The summed E-state index contributed by atoms with van der Waals surface area (Å²) in [7, 11) is 0. The topological polar surface area (TPSA) is 16.1 Å². The zero-order chi connectivity index (χ0) is 29.0. The summed E-state index contributed by atoms with van der Waals surface area (Å²) >= 11 is 1.83. The lowest BCUT2D eigenvalue weighted by atomic mass is 9.96. The molecule has 0 saturated carbocycles. The molecule has 206 valence electrons. The Bertz CT molecular complexity index is 2490. The first kappa shape index (κ1) is 25.0. The third-order valence-electron chi connectivity index (χ3n) is 8.72. The molecule has 2 aromatic heterocycles. The van der Waals surface area contributed by atoms with Gasteiger partial charge in [-0.3, -0.25) is 4.98 Å². The fourth-order valence-corrected chi connectivity index (χ4v) is 7.80. The molecule has 0 aliphatic rings. The molecule has 2 nitrogen and oxygen atoms in total. The SMILES string of the molecule is c1ccc(-c2ccc(N(c3ccc4c(ccc5ccc6ccccc6c54)c3)c3cccc4c3sc3ccncc34)cc2)cc1. The Morgan fingerprint density at radius 1 is 0.477 bits per heavy atom. The maximum Gasteiger partial charge on any atom is 0.0640 e. The molecule has 0 aliphatic carbocycles. The second-order valence-corrected chi connectivity index (χ2v) is 12.3. The van der Waals surface area contributed by atoms with Crippen LogP contribution in [0.4, 0.5) is 17.1 Å². The van der Waals surface area contributed by atoms with Gasteiger partial charge in [0.05, 0.1) is 10.4 Å². The first-order valence-electron chi connectivity index (χ1n) is 14.9. The highest BCUT2D eigenvalue weighted by Gasteiger charge is 2.19. The number of pyridine rings is 1. The highest BCUT2D eigenvalue weighted by molar-refractivity contribution is 7.26. The Hall–Kier alpha value is -5.51. The number of anilines is 3. The van der Waals surface area contributed by atoms with Crippen LogP contribution in [0, 0.1) is 0 Å². The van der Waals surface area contributed by atoms with Crippen molar-refractivity contribution in [2.45, 2.75) is 0 Å². The third kappa shape index (κ3) is 3.98. The molecular weight excluding hydrogens is 553 g/mol. The molecule has 0 atom stereocenters. The van der Waals surface area contributed by atoms with Gasteiger partial charge in [0.2, 0.25) is 0 Å². The summed E-state index contributed by atoms with van der Waals surface area (Å²) < 4.78 is 2.51. The minimum atomic E-state index is 1.12. The maximum atomic E-state index is 4.44. The molecule has 2 heterocycles. The molecule has 0 saturated heterocycles. The van der Waals surface area contributed by atoms with Gasteiger partial charge in [-0.2, -0.15) is 0 Å². The fourth-order valence-electron chi connectivity index (χ4n) is 6.63. The van der Waals surface area contributed by atoms with E-state index in [1.807, 2.05) is 23.7 Å². The maximum absolute atomic E-state index is 4.44. The minimum absolute atomic E-state index is 1.12. The number of benzene rings is 7. The quantitative estimate of drug-likeness (QED) is 0.193. The lowest BCUT2D eigenvalue weighted by molar-refractivity contribution is 1.31. The molecule has 0 spiro atoms. The van der Waals surface area contributed by atoms with Crippen LogP contribution in [0.2, 0.25) is 0 Å². The van der Waals surface area contributed by atoms with E-state index >= 15 is 0 Å². The Morgan fingerprint density at radius 2 is 1.18 bits per heavy atom. The van der Waals surface area contributed by atoms with Gasteiger partial charge in [0.25, 0.3) is 0 Å². The summed E-state index contributed by atoms with van der Waals surface area (Å²) in [6.07, 6.45) is 3.87. The van der Waals surface area contributed by atoms with Gasteiger partial charge < -0.3 is 4.90 Å². The summed E-state index contributed by atoms with van der Waals surface area (Å²) in [5.74, 6) is 0. The van der Waals surface area contributed by atoms with Crippen molar-refractivity contribution in [1.82, 2.24) is 4.98 Å². The Morgan fingerprint density at radius 3 is 2.07 bits per heavy atom. The van der Waals surface area contributed by atoms with Crippen LogP contribution in [0.3, 0.4) is 0 Å². The molecule has 0 aliphatic heterocycles. The molecule has 0 N–H and O–H groups in total.